The van der Waals surface area contributed by atoms with Gasteiger partial charge < -0.3 is 25.0 Å². The molecule has 0 fully saturated rings. The van der Waals surface area contributed by atoms with Gasteiger partial charge in [-0.15, -0.1) is 0 Å². The topological polar surface area (TPSA) is 123 Å². The van der Waals surface area contributed by atoms with Crippen molar-refractivity contribution in [2.45, 2.75) is 45.8 Å². The van der Waals surface area contributed by atoms with E-state index in [1.807, 2.05) is 48.0 Å². The van der Waals surface area contributed by atoms with Crippen LogP contribution in [0.4, 0.5) is 5.69 Å². The molecule has 2 heterocycles. The lowest BCUT2D eigenvalue weighted by atomic mass is 10.0. The Balaban J connectivity index is 1.59. The monoisotopic (exact) mass is 528 g/mol. The summed E-state index contributed by atoms with van der Waals surface area (Å²) in [7, 11) is 1.58. The molecule has 1 unspecified atom stereocenters. The third-order valence-corrected chi connectivity index (χ3v) is 6.63. The number of benzene rings is 2. The fourth-order valence-corrected chi connectivity index (χ4v) is 4.47. The van der Waals surface area contributed by atoms with Crippen LogP contribution in [-0.2, 0) is 22.6 Å². The number of aryl methyl sites for hydroxylation is 2. The lowest BCUT2D eigenvalue weighted by Crippen LogP contribution is -2.24. The molecule has 0 radical (unpaired) electrons. The minimum absolute atomic E-state index is 0.0396. The number of nitrogens with one attached hydrogen (secondary N) is 2. The van der Waals surface area contributed by atoms with Gasteiger partial charge in [0.2, 0.25) is 5.91 Å². The van der Waals surface area contributed by atoms with Crippen LogP contribution < -0.4 is 15.4 Å². The molecule has 9 nitrogen and oxygen atoms in total. The highest BCUT2D eigenvalue weighted by molar-refractivity contribution is 6.00. The van der Waals surface area contributed by atoms with Crippen LogP contribution in [-0.4, -0.2) is 39.5 Å². The number of carboxylic acids is 1. The predicted molar refractivity (Wildman–Crippen MR) is 149 cm³/mol. The van der Waals surface area contributed by atoms with Crippen molar-refractivity contribution >= 4 is 34.4 Å². The molecule has 4 aromatic rings. The minimum atomic E-state index is -0.860. The molecule has 9 heteroatoms. The van der Waals surface area contributed by atoms with Crippen LogP contribution >= 0.6 is 0 Å². The summed E-state index contributed by atoms with van der Waals surface area (Å²) in [5.74, 6) is -0.660. The van der Waals surface area contributed by atoms with Crippen molar-refractivity contribution < 1.29 is 24.2 Å². The van der Waals surface area contributed by atoms with Gasteiger partial charge in [0.15, 0.2) is 0 Å². The Hall–Kier alpha value is -4.66. The number of carbonyl (C=O) groups is 3. The third kappa shape index (κ3) is 6.62. The second-order valence-corrected chi connectivity index (χ2v) is 9.41. The van der Waals surface area contributed by atoms with Gasteiger partial charge in [0.1, 0.15) is 18.4 Å². The van der Waals surface area contributed by atoms with E-state index in [2.05, 4.69) is 15.6 Å². The number of hydrogen-bond acceptors (Lipinski definition) is 5. The van der Waals surface area contributed by atoms with Crippen LogP contribution in [0, 0.1) is 6.92 Å². The first-order chi connectivity index (χ1) is 18.8. The van der Waals surface area contributed by atoms with Crippen molar-refractivity contribution in [1.82, 2.24) is 14.9 Å². The Morgan fingerprint density at radius 1 is 1.13 bits per heavy atom. The van der Waals surface area contributed by atoms with Crippen LogP contribution in [0.2, 0.25) is 0 Å². The number of carboxylic acid groups (broad SMARTS) is 1. The molecule has 202 valence electrons. The number of anilines is 1. The molecule has 3 N–H and O–H groups in total. The van der Waals surface area contributed by atoms with E-state index in [0.717, 1.165) is 27.6 Å². The fraction of sp³-hybridized carbons (Fsp3) is 0.267. The summed E-state index contributed by atoms with van der Waals surface area (Å²) in [4.78, 5) is 40.8. The number of aliphatic carboxylic acids is 1. The number of rotatable bonds is 11. The molecule has 0 saturated carbocycles. The third-order valence-electron chi connectivity index (χ3n) is 6.63. The van der Waals surface area contributed by atoms with E-state index < -0.39 is 12.0 Å². The lowest BCUT2D eigenvalue weighted by molar-refractivity contribution is -0.137. The van der Waals surface area contributed by atoms with Crippen molar-refractivity contribution in [1.29, 1.82) is 0 Å². The fourth-order valence-electron chi connectivity index (χ4n) is 4.47. The Kier molecular flexibility index (Phi) is 8.60. The molecule has 4 rings (SSSR count). The molecule has 1 atom stereocenters. The average Bonchev–Trinajstić information content (AvgIpc) is 3.27. The molecule has 0 aliphatic rings. The summed E-state index contributed by atoms with van der Waals surface area (Å²) in [6, 6.07) is 14.1. The van der Waals surface area contributed by atoms with Gasteiger partial charge in [0, 0.05) is 48.0 Å². The molecule has 0 aliphatic carbocycles. The van der Waals surface area contributed by atoms with Crippen molar-refractivity contribution in [2.75, 3.05) is 12.4 Å². The lowest BCUT2D eigenvalue weighted by Gasteiger charge is -2.18. The van der Waals surface area contributed by atoms with Crippen LogP contribution in [0.1, 0.15) is 52.9 Å². The second kappa shape index (κ2) is 12.3. The highest BCUT2D eigenvalue weighted by Gasteiger charge is 2.20. The summed E-state index contributed by atoms with van der Waals surface area (Å²) in [6.07, 6.45) is 6.20. The smallest absolute Gasteiger partial charge is 0.303 e. The summed E-state index contributed by atoms with van der Waals surface area (Å²) in [5.41, 5.74) is 4.61. The maximum atomic E-state index is 13.5. The molecule has 0 spiro atoms. The van der Waals surface area contributed by atoms with E-state index in [1.54, 1.807) is 44.6 Å². The first-order valence-corrected chi connectivity index (χ1v) is 12.8. The van der Waals surface area contributed by atoms with Gasteiger partial charge >= 0.3 is 5.97 Å². The molecule has 0 bridgehead atoms. The largest absolute Gasteiger partial charge is 0.487 e. The van der Waals surface area contributed by atoms with E-state index in [9.17, 15) is 14.4 Å². The average molecular weight is 529 g/mol. The zero-order valence-electron chi connectivity index (χ0n) is 22.2. The number of nitrogens with zero attached hydrogens (tertiary/aromatic N) is 2. The number of aromatic nitrogens is 2. The van der Waals surface area contributed by atoms with E-state index in [-0.39, 0.29) is 24.8 Å². The van der Waals surface area contributed by atoms with E-state index >= 15 is 0 Å². The van der Waals surface area contributed by atoms with E-state index in [0.29, 0.717) is 29.8 Å². The van der Waals surface area contributed by atoms with Gasteiger partial charge in [-0.2, -0.15) is 0 Å². The summed E-state index contributed by atoms with van der Waals surface area (Å²) >= 11 is 0. The Bertz CT molecular complexity index is 1500. The maximum absolute atomic E-state index is 13.5. The predicted octanol–water partition coefficient (Wildman–Crippen LogP) is 4.89. The van der Waals surface area contributed by atoms with Gasteiger partial charge in [0.25, 0.3) is 5.91 Å². The van der Waals surface area contributed by atoms with Crippen molar-refractivity contribution in [3.8, 4) is 5.75 Å². The van der Waals surface area contributed by atoms with Gasteiger partial charge in [0.05, 0.1) is 6.20 Å². The molecular weight excluding hydrogens is 496 g/mol. The van der Waals surface area contributed by atoms with Crippen LogP contribution in [0.15, 0.2) is 67.1 Å². The number of hydrogen-bond donors (Lipinski definition) is 3. The number of fused-ring (bicyclic) bond motifs is 1. The SMILES string of the molecule is CNC(=O)c1ccc2c(C)cn(C(C)C(=O)Nc3cc(COc4cccnc4)ccc3CCCC(=O)O)c2c1. The molecular formula is C30H32N4O5. The molecule has 2 aromatic heterocycles. The van der Waals surface area contributed by atoms with Crippen molar-refractivity contribution in [3.05, 3.63) is 89.4 Å². The zero-order chi connectivity index (χ0) is 27.9. The van der Waals surface area contributed by atoms with Crippen molar-refractivity contribution in [2.24, 2.45) is 0 Å². The van der Waals surface area contributed by atoms with E-state index in [1.165, 1.54) is 0 Å². The van der Waals surface area contributed by atoms with E-state index in [4.69, 9.17) is 9.84 Å². The van der Waals surface area contributed by atoms with Crippen LogP contribution in [0.25, 0.3) is 10.9 Å². The van der Waals surface area contributed by atoms with Crippen molar-refractivity contribution in [3.63, 3.8) is 0 Å². The highest BCUT2D eigenvalue weighted by atomic mass is 16.5. The Labute approximate surface area is 226 Å². The molecule has 2 aromatic carbocycles. The number of carbonyl (C=O) groups excluding carboxylic acids is 2. The second-order valence-electron chi connectivity index (χ2n) is 9.41. The van der Waals surface area contributed by atoms with Gasteiger partial charge in [-0.3, -0.25) is 19.4 Å². The minimum Gasteiger partial charge on any atom is -0.487 e. The van der Waals surface area contributed by atoms with Gasteiger partial charge in [-0.05, 0) is 73.7 Å². The standard InChI is InChI=1S/C30H32N4O5/c1-19-17-34(27-15-23(30(38)31-3)11-12-25(19)27)20(2)29(37)33-26-14-21(18-39-24-7-5-13-32-16-24)9-10-22(26)6-4-8-28(35)36/h5,7,9-17,20H,4,6,8,18H2,1-3H3,(H,31,38)(H,33,37)(H,35,36). The maximum Gasteiger partial charge on any atom is 0.303 e. The molecule has 0 aliphatic heterocycles. The normalized spacial score (nSPS) is 11.7. The van der Waals surface area contributed by atoms with Gasteiger partial charge in [-0.1, -0.05) is 18.2 Å². The summed E-state index contributed by atoms with van der Waals surface area (Å²) in [6.45, 7) is 4.05. The van der Waals surface area contributed by atoms with Crippen LogP contribution in [0.5, 0.6) is 5.75 Å². The number of pyridine rings is 1. The summed E-state index contributed by atoms with van der Waals surface area (Å²) < 4.78 is 7.69. The first-order valence-electron chi connectivity index (χ1n) is 12.8. The number of ether oxygens (including phenoxy) is 1. The first kappa shape index (κ1) is 27.4. The molecule has 2 amide bonds. The van der Waals surface area contributed by atoms with Crippen LogP contribution in [0.3, 0.4) is 0 Å². The Morgan fingerprint density at radius 2 is 1.95 bits per heavy atom. The molecule has 0 saturated heterocycles. The quantitative estimate of drug-likeness (QED) is 0.255. The number of amides is 2. The zero-order valence-corrected chi connectivity index (χ0v) is 22.2. The summed E-state index contributed by atoms with van der Waals surface area (Å²) in [5, 5.41) is 15.7. The Morgan fingerprint density at radius 3 is 2.67 bits per heavy atom. The highest BCUT2D eigenvalue weighted by Crippen LogP contribution is 2.28. The molecule has 39 heavy (non-hydrogen) atoms. The van der Waals surface area contributed by atoms with Gasteiger partial charge in [-0.25, -0.2) is 0 Å².